The lowest BCUT2D eigenvalue weighted by atomic mass is 10.0. The number of ether oxygens (including phenoxy) is 1. The first-order valence-corrected chi connectivity index (χ1v) is 5.37. The first kappa shape index (κ1) is 9.18. The van der Waals surface area contributed by atoms with E-state index in [1.165, 1.54) is 0 Å². The molecule has 0 saturated carbocycles. The zero-order valence-electron chi connectivity index (χ0n) is 8.89. The molecule has 3 rings (SSSR count). The molecule has 0 atom stereocenters. The van der Waals surface area contributed by atoms with Crippen LogP contribution in [0.1, 0.15) is 11.7 Å². The monoisotopic (exact) mass is 208 g/mol. The normalized spacial score (nSPS) is 23.8. The Kier molecular flexibility index (Phi) is 1.97. The van der Waals surface area contributed by atoms with Crippen molar-refractivity contribution < 1.29 is 4.74 Å². The second-order valence-electron chi connectivity index (χ2n) is 4.45. The molecule has 2 N–H and O–H groups in total. The van der Waals surface area contributed by atoms with Gasteiger partial charge in [0.05, 0.1) is 36.7 Å². The minimum Gasteiger partial charge on any atom is -0.396 e. The number of likely N-dealkylation sites (tertiary alicyclic amines) is 1. The van der Waals surface area contributed by atoms with Crippen molar-refractivity contribution in [1.29, 1.82) is 0 Å². The van der Waals surface area contributed by atoms with Gasteiger partial charge in [0.2, 0.25) is 0 Å². The Bertz CT molecular complexity index is 346. The van der Waals surface area contributed by atoms with Crippen molar-refractivity contribution in [3.05, 3.63) is 11.9 Å². The zero-order valence-corrected chi connectivity index (χ0v) is 8.89. The summed E-state index contributed by atoms with van der Waals surface area (Å²) in [6.07, 6.45) is 1.94. The van der Waals surface area contributed by atoms with Crippen molar-refractivity contribution in [2.75, 3.05) is 32.0 Å². The summed E-state index contributed by atoms with van der Waals surface area (Å²) in [4.78, 5) is 2.45. The first-order valence-electron chi connectivity index (χ1n) is 5.37. The maximum atomic E-state index is 5.77. The van der Waals surface area contributed by atoms with Crippen LogP contribution in [0.3, 0.4) is 0 Å². The van der Waals surface area contributed by atoms with Gasteiger partial charge in [-0.15, -0.1) is 0 Å². The summed E-state index contributed by atoms with van der Waals surface area (Å²) in [6.45, 7) is 5.89. The van der Waals surface area contributed by atoms with Crippen molar-refractivity contribution in [3.63, 3.8) is 0 Å². The Balaban J connectivity index is 1.61. The van der Waals surface area contributed by atoms with E-state index in [2.05, 4.69) is 10.00 Å². The summed E-state index contributed by atoms with van der Waals surface area (Å²) in [6, 6.07) is 1.15. The SMILES string of the molecule is Cc1nn(C2CN(C3COC3)C2)cc1N. The topological polar surface area (TPSA) is 56.3 Å². The van der Waals surface area contributed by atoms with Gasteiger partial charge in [-0.3, -0.25) is 9.58 Å². The van der Waals surface area contributed by atoms with Crippen molar-refractivity contribution >= 4 is 5.69 Å². The van der Waals surface area contributed by atoms with Crippen molar-refractivity contribution in [2.45, 2.75) is 19.0 Å². The van der Waals surface area contributed by atoms with Crippen LogP contribution >= 0.6 is 0 Å². The molecule has 0 aliphatic carbocycles. The molecule has 3 heterocycles. The highest BCUT2D eigenvalue weighted by atomic mass is 16.5. The molecule has 0 aromatic carbocycles. The number of rotatable bonds is 2. The van der Waals surface area contributed by atoms with E-state index in [0.29, 0.717) is 12.1 Å². The number of hydrogen-bond donors (Lipinski definition) is 1. The van der Waals surface area contributed by atoms with Crippen LogP contribution in [0, 0.1) is 6.92 Å². The Morgan fingerprint density at radius 3 is 2.60 bits per heavy atom. The third-order valence-electron chi connectivity index (χ3n) is 3.36. The van der Waals surface area contributed by atoms with E-state index in [1.54, 1.807) is 0 Å². The largest absolute Gasteiger partial charge is 0.396 e. The fourth-order valence-electron chi connectivity index (χ4n) is 2.07. The number of nitrogens with zero attached hydrogens (tertiary/aromatic N) is 3. The van der Waals surface area contributed by atoms with Crippen LogP contribution in [-0.4, -0.2) is 47.0 Å². The summed E-state index contributed by atoms with van der Waals surface area (Å²) in [5, 5.41) is 4.40. The van der Waals surface area contributed by atoms with Crippen LogP contribution in [0.15, 0.2) is 6.20 Å². The maximum Gasteiger partial charge on any atom is 0.0823 e. The van der Waals surface area contributed by atoms with Crippen LogP contribution in [0.4, 0.5) is 5.69 Å². The van der Waals surface area contributed by atoms with Gasteiger partial charge in [-0.1, -0.05) is 0 Å². The van der Waals surface area contributed by atoms with E-state index in [0.717, 1.165) is 37.7 Å². The van der Waals surface area contributed by atoms with E-state index < -0.39 is 0 Å². The lowest BCUT2D eigenvalue weighted by Gasteiger charge is -2.47. The molecule has 15 heavy (non-hydrogen) atoms. The molecule has 5 heteroatoms. The van der Waals surface area contributed by atoms with E-state index in [9.17, 15) is 0 Å². The van der Waals surface area contributed by atoms with Crippen molar-refractivity contribution in [1.82, 2.24) is 14.7 Å². The third-order valence-corrected chi connectivity index (χ3v) is 3.36. The predicted octanol–water partition coefficient (Wildman–Crippen LogP) is 0.0292. The van der Waals surface area contributed by atoms with Crippen molar-refractivity contribution in [3.8, 4) is 0 Å². The van der Waals surface area contributed by atoms with Gasteiger partial charge < -0.3 is 10.5 Å². The van der Waals surface area contributed by atoms with Gasteiger partial charge in [-0.2, -0.15) is 5.10 Å². The smallest absolute Gasteiger partial charge is 0.0823 e. The summed E-state index contributed by atoms with van der Waals surface area (Å²) < 4.78 is 7.17. The predicted molar refractivity (Wildman–Crippen MR) is 56.6 cm³/mol. The summed E-state index contributed by atoms with van der Waals surface area (Å²) >= 11 is 0. The standard InChI is InChI=1S/C10H16N4O/c1-7-10(11)4-14(12-7)8-2-13(3-8)9-5-15-6-9/h4,8-9H,2-3,5-6,11H2,1H3. The molecular weight excluding hydrogens is 192 g/mol. The van der Waals surface area contributed by atoms with E-state index in [4.69, 9.17) is 10.5 Å². The lowest BCUT2D eigenvalue weighted by molar-refractivity contribution is -0.0997. The molecule has 1 aromatic heterocycles. The van der Waals surface area contributed by atoms with Gasteiger partial charge in [0, 0.05) is 19.3 Å². The highest BCUT2D eigenvalue weighted by Gasteiger charge is 2.37. The molecule has 82 valence electrons. The van der Waals surface area contributed by atoms with Crippen LogP contribution in [0.5, 0.6) is 0 Å². The molecule has 1 aromatic rings. The Morgan fingerprint density at radius 1 is 1.40 bits per heavy atom. The Hall–Kier alpha value is -1.07. The van der Waals surface area contributed by atoms with Crippen LogP contribution < -0.4 is 5.73 Å². The first-order chi connectivity index (χ1) is 7.24. The van der Waals surface area contributed by atoms with Crippen LogP contribution in [0.25, 0.3) is 0 Å². The highest BCUT2D eigenvalue weighted by molar-refractivity contribution is 5.39. The van der Waals surface area contributed by atoms with Crippen molar-refractivity contribution in [2.24, 2.45) is 0 Å². The average molecular weight is 208 g/mol. The fourth-order valence-corrected chi connectivity index (χ4v) is 2.07. The molecule has 2 aliphatic heterocycles. The molecule has 0 unspecified atom stereocenters. The molecule has 0 radical (unpaired) electrons. The van der Waals surface area contributed by atoms with E-state index in [1.807, 2.05) is 17.8 Å². The Labute approximate surface area is 88.8 Å². The summed E-state index contributed by atoms with van der Waals surface area (Å²) in [5.41, 5.74) is 7.50. The zero-order chi connectivity index (χ0) is 10.4. The summed E-state index contributed by atoms with van der Waals surface area (Å²) in [7, 11) is 0. The number of anilines is 1. The average Bonchev–Trinajstić information content (AvgIpc) is 2.34. The van der Waals surface area contributed by atoms with Gasteiger partial charge in [-0.25, -0.2) is 0 Å². The van der Waals surface area contributed by atoms with Gasteiger partial charge >= 0.3 is 0 Å². The molecule has 2 fully saturated rings. The van der Waals surface area contributed by atoms with Gasteiger partial charge in [0.1, 0.15) is 0 Å². The molecule has 0 spiro atoms. The Morgan fingerprint density at radius 2 is 2.13 bits per heavy atom. The van der Waals surface area contributed by atoms with Gasteiger partial charge in [0.25, 0.3) is 0 Å². The fraction of sp³-hybridized carbons (Fsp3) is 0.700. The van der Waals surface area contributed by atoms with Crippen LogP contribution in [-0.2, 0) is 4.74 Å². The molecule has 0 bridgehead atoms. The highest BCUT2D eigenvalue weighted by Crippen LogP contribution is 2.26. The number of aryl methyl sites for hydroxylation is 1. The second-order valence-corrected chi connectivity index (χ2v) is 4.45. The molecule has 0 amide bonds. The van der Waals surface area contributed by atoms with E-state index in [-0.39, 0.29) is 0 Å². The number of aromatic nitrogens is 2. The van der Waals surface area contributed by atoms with Gasteiger partial charge in [-0.05, 0) is 6.92 Å². The second kappa shape index (κ2) is 3.21. The summed E-state index contributed by atoms with van der Waals surface area (Å²) in [5.74, 6) is 0. The minimum absolute atomic E-state index is 0.501. The maximum absolute atomic E-state index is 5.77. The van der Waals surface area contributed by atoms with Crippen LogP contribution in [0.2, 0.25) is 0 Å². The van der Waals surface area contributed by atoms with E-state index >= 15 is 0 Å². The molecule has 2 saturated heterocycles. The number of nitrogen functional groups attached to an aromatic ring is 1. The molecule has 5 nitrogen and oxygen atoms in total. The van der Waals surface area contributed by atoms with Gasteiger partial charge in [0.15, 0.2) is 0 Å². The third kappa shape index (κ3) is 1.42. The quantitative estimate of drug-likeness (QED) is 0.745. The number of hydrogen-bond acceptors (Lipinski definition) is 4. The minimum atomic E-state index is 0.501. The lowest BCUT2D eigenvalue weighted by Crippen LogP contribution is -2.59. The molecule has 2 aliphatic rings. The number of nitrogens with two attached hydrogens (primary N) is 1. The molecular formula is C10H16N4O.